The topological polar surface area (TPSA) is 49.4 Å². The summed E-state index contributed by atoms with van der Waals surface area (Å²) in [7, 11) is -3.48. The highest BCUT2D eigenvalue weighted by Gasteiger charge is 2.24. The Morgan fingerprint density at radius 1 is 1.25 bits per heavy atom. The van der Waals surface area contributed by atoms with Crippen LogP contribution in [0.2, 0.25) is 0 Å². The third-order valence-electron chi connectivity index (χ3n) is 3.46. The Bertz CT molecular complexity index is 526. The number of halogens is 1. The van der Waals surface area contributed by atoms with Crippen LogP contribution < -0.4 is 4.72 Å². The number of alkyl halides is 1. The first-order valence-electron chi connectivity index (χ1n) is 6.61. The molecule has 1 saturated heterocycles. The maximum Gasteiger partial charge on any atom is 0.240 e. The van der Waals surface area contributed by atoms with E-state index in [9.17, 15) is 12.8 Å². The normalized spacial score (nSPS) is 18.3. The Balaban J connectivity index is 1.94. The fourth-order valence-corrected chi connectivity index (χ4v) is 3.76. The molecule has 0 amide bonds. The second-order valence-corrected chi connectivity index (χ2v) is 7.15. The summed E-state index contributed by atoms with van der Waals surface area (Å²) in [6.07, 6.45) is 1.42. The summed E-state index contributed by atoms with van der Waals surface area (Å²) < 4.78 is 39.4. The summed E-state index contributed by atoms with van der Waals surface area (Å²) in [6.45, 7) is 1.54. The lowest BCUT2D eigenvalue weighted by molar-refractivity contribution is 0.193. The van der Waals surface area contributed by atoms with Gasteiger partial charge in [0.05, 0.1) is 4.90 Å². The number of hydrogen-bond acceptors (Lipinski definition) is 4. The molecule has 1 N–H and O–H groups in total. The monoisotopic (exact) mass is 318 g/mol. The minimum Gasteiger partial charge on any atom is -0.301 e. The summed E-state index contributed by atoms with van der Waals surface area (Å²) >= 11 is 4.14. The molecule has 0 aromatic heterocycles. The molecule has 1 aromatic rings. The lowest BCUT2D eigenvalue weighted by Crippen LogP contribution is -2.45. The number of rotatable bonds is 5. The van der Waals surface area contributed by atoms with Crippen LogP contribution in [-0.4, -0.2) is 45.7 Å². The summed E-state index contributed by atoms with van der Waals surface area (Å²) in [5, 5.41) is 0. The van der Waals surface area contributed by atoms with Crippen molar-refractivity contribution in [2.45, 2.75) is 28.7 Å². The molecule has 112 valence electrons. The fourth-order valence-electron chi connectivity index (χ4n) is 2.31. The average Bonchev–Trinajstić information content (AvgIpc) is 2.41. The van der Waals surface area contributed by atoms with E-state index in [2.05, 4.69) is 17.4 Å². The number of likely N-dealkylation sites (tertiary alicyclic amines) is 1. The second-order valence-electron chi connectivity index (χ2n) is 4.92. The Kier molecular flexibility index (Phi) is 5.42. The Morgan fingerprint density at radius 3 is 2.40 bits per heavy atom. The SMILES string of the molecule is O=S(=O)(NC1CCN(CCF)CC1)c1ccc(S)cc1. The van der Waals surface area contributed by atoms with Crippen LogP contribution in [0.4, 0.5) is 4.39 Å². The van der Waals surface area contributed by atoms with E-state index in [0.29, 0.717) is 19.4 Å². The van der Waals surface area contributed by atoms with Crippen molar-refractivity contribution in [1.82, 2.24) is 9.62 Å². The van der Waals surface area contributed by atoms with Crippen molar-refractivity contribution in [3.05, 3.63) is 24.3 Å². The van der Waals surface area contributed by atoms with E-state index in [1.54, 1.807) is 24.3 Å². The molecule has 0 bridgehead atoms. The van der Waals surface area contributed by atoms with Gasteiger partial charge in [0.2, 0.25) is 10.0 Å². The maximum atomic E-state index is 12.2. The van der Waals surface area contributed by atoms with Crippen molar-refractivity contribution in [1.29, 1.82) is 0 Å². The van der Waals surface area contributed by atoms with Gasteiger partial charge in [0.15, 0.2) is 0 Å². The maximum absolute atomic E-state index is 12.2. The van der Waals surface area contributed by atoms with Crippen molar-refractivity contribution < 1.29 is 12.8 Å². The van der Waals surface area contributed by atoms with Crippen LogP contribution in [0.15, 0.2) is 34.1 Å². The van der Waals surface area contributed by atoms with Gasteiger partial charge in [0.25, 0.3) is 0 Å². The molecular formula is C13H19FN2O2S2. The fraction of sp³-hybridized carbons (Fsp3) is 0.538. The quantitative estimate of drug-likeness (QED) is 0.812. The molecule has 1 aromatic carbocycles. The molecule has 1 aliphatic heterocycles. The molecule has 1 heterocycles. The zero-order valence-corrected chi connectivity index (χ0v) is 12.8. The van der Waals surface area contributed by atoms with Gasteiger partial charge in [-0.25, -0.2) is 17.5 Å². The van der Waals surface area contributed by atoms with E-state index in [1.165, 1.54) is 0 Å². The molecule has 0 atom stereocenters. The molecule has 7 heteroatoms. The van der Waals surface area contributed by atoms with E-state index in [0.717, 1.165) is 18.0 Å². The van der Waals surface area contributed by atoms with Crippen LogP contribution in [0, 0.1) is 0 Å². The van der Waals surface area contributed by atoms with Gasteiger partial charge >= 0.3 is 0 Å². The predicted molar refractivity (Wildman–Crippen MR) is 79.5 cm³/mol. The van der Waals surface area contributed by atoms with Crippen molar-refractivity contribution in [3.63, 3.8) is 0 Å². The standard InChI is InChI=1S/C13H19FN2O2S2/c14-7-10-16-8-5-11(6-9-16)15-20(17,18)13-3-1-12(19)2-4-13/h1-4,11,15,19H,5-10H2. The first kappa shape index (κ1) is 15.8. The first-order valence-corrected chi connectivity index (χ1v) is 8.54. The van der Waals surface area contributed by atoms with E-state index in [-0.39, 0.29) is 17.6 Å². The zero-order valence-electron chi connectivity index (χ0n) is 11.1. The van der Waals surface area contributed by atoms with Crippen molar-refractivity contribution in [2.24, 2.45) is 0 Å². The van der Waals surface area contributed by atoms with Crippen LogP contribution in [0.3, 0.4) is 0 Å². The van der Waals surface area contributed by atoms with Gasteiger partial charge in [0, 0.05) is 17.5 Å². The van der Waals surface area contributed by atoms with Gasteiger partial charge in [-0.05, 0) is 50.2 Å². The summed E-state index contributed by atoms with van der Waals surface area (Å²) in [5.74, 6) is 0. The lowest BCUT2D eigenvalue weighted by atomic mass is 10.1. The van der Waals surface area contributed by atoms with Gasteiger partial charge in [0.1, 0.15) is 6.67 Å². The molecule has 0 unspecified atom stereocenters. The number of thiol groups is 1. The van der Waals surface area contributed by atoms with E-state index >= 15 is 0 Å². The van der Waals surface area contributed by atoms with Crippen molar-refractivity contribution in [2.75, 3.05) is 26.3 Å². The number of sulfonamides is 1. The average molecular weight is 318 g/mol. The summed E-state index contributed by atoms with van der Waals surface area (Å²) in [5.41, 5.74) is 0. The first-order chi connectivity index (χ1) is 9.51. The van der Waals surface area contributed by atoms with Gasteiger partial charge in [-0.2, -0.15) is 0 Å². The predicted octanol–water partition coefficient (Wildman–Crippen LogP) is 1.69. The number of benzene rings is 1. The minimum absolute atomic E-state index is 0.0773. The number of nitrogens with zero attached hydrogens (tertiary/aromatic N) is 1. The highest BCUT2D eigenvalue weighted by molar-refractivity contribution is 7.89. The second kappa shape index (κ2) is 6.89. The molecule has 1 aliphatic rings. The molecule has 1 fully saturated rings. The third-order valence-corrected chi connectivity index (χ3v) is 5.29. The zero-order chi connectivity index (χ0) is 14.6. The van der Waals surface area contributed by atoms with Crippen molar-refractivity contribution >= 4 is 22.7 Å². The molecule has 0 radical (unpaired) electrons. The molecule has 4 nitrogen and oxygen atoms in total. The molecule has 20 heavy (non-hydrogen) atoms. The highest BCUT2D eigenvalue weighted by Crippen LogP contribution is 2.16. The highest BCUT2D eigenvalue weighted by atomic mass is 32.2. The van der Waals surface area contributed by atoms with Crippen LogP contribution in [-0.2, 0) is 10.0 Å². The van der Waals surface area contributed by atoms with Gasteiger partial charge < -0.3 is 4.90 Å². The molecule has 2 rings (SSSR count). The van der Waals surface area contributed by atoms with Crippen LogP contribution in [0.5, 0.6) is 0 Å². The summed E-state index contributed by atoms with van der Waals surface area (Å²) in [6, 6.07) is 6.32. The van der Waals surface area contributed by atoms with Gasteiger partial charge in [-0.15, -0.1) is 12.6 Å². The van der Waals surface area contributed by atoms with Gasteiger partial charge in [-0.1, -0.05) is 0 Å². The third kappa shape index (κ3) is 4.18. The number of nitrogens with one attached hydrogen (secondary N) is 1. The van der Waals surface area contributed by atoms with Crippen molar-refractivity contribution in [3.8, 4) is 0 Å². The molecule has 0 saturated carbocycles. The smallest absolute Gasteiger partial charge is 0.240 e. The van der Waals surface area contributed by atoms with E-state index in [1.807, 2.05) is 4.90 Å². The van der Waals surface area contributed by atoms with Gasteiger partial charge in [-0.3, -0.25) is 0 Å². The van der Waals surface area contributed by atoms with Crippen LogP contribution in [0.25, 0.3) is 0 Å². The van der Waals surface area contributed by atoms with Crippen LogP contribution >= 0.6 is 12.6 Å². The Labute approximate surface area is 124 Å². The van der Waals surface area contributed by atoms with E-state index < -0.39 is 10.0 Å². The lowest BCUT2D eigenvalue weighted by Gasteiger charge is -2.31. The molecule has 0 spiro atoms. The van der Waals surface area contributed by atoms with E-state index in [4.69, 9.17) is 0 Å². The Morgan fingerprint density at radius 2 is 1.85 bits per heavy atom. The molecule has 0 aliphatic carbocycles. The molecular weight excluding hydrogens is 299 g/mol. The Hall–Kier alpha value is -0.630. The number of hydrogen-bond donors (Lipinski definition) is 2. The number of piperidine rings is 1. The minimum atomic E-state index is -3.48. The largest absolute Gasteiger partial charge is 0.301 e. The summed E-state index contributed by atoms with van der Waals surface area (Å²) in [4.78, 5) is 2.99. The van der Waals surface area contributed by atoms with Crippen LogP contribution in [0.1, 0.15) is 12.8 Å².